The maximum Gasteiger partial charge on any atom is 0.341 e. The van der Waals surface area contributed by atoms with Crippen LogP contribution in [0.15, 0.2) is 34.8 Å². The Bertz CT molecular complexity index is 1400. The van der Waals surface area contributed by atoms with Crippen LogP contribution in [-0.2, 0) is 27.8 Å². The summed E-state index contributed by atoms with van der Waals surface area (Å²) in [6.45, 7) is 8.57. The van der Waals surface area contributed by atoms with Gasteiger partial charge in [0.05, 0.1) is 29.7 Å². The van der Waals surface area contributed by atoms with Crippen molar-refractivity contribution in [2.45, 2.75) is 90.4 Å². The van der Waals surface area contributed by atoms with Gasteiger partial charge in [0.15, 0.2) is 5.78 Å². The Hall–Kier alpha value is -2.89. The largest absolute Gasteiger partial charge is 0.462 e. The standard InChI is InChI=1S/C30H35N3O3S2/c1-5-36-29(35)25-17-10-7-6-8-13-21(17)38-28(25)33-19-11-9-12-20(34)26(19)24(18(16-31)27(33)32)22-14-15-23(37-22)30(2,3)4/h14-15,24H,5-13,32H2,1-4H3/t24-/m1/s1. The van der Waals surface area contributed by atoms with E-state index in [0.717, 1.165) is 48.2 Å². The molecule has 8 heteroatoms. The Morgan fingerprint density at radius 1 is 1.13 bits per heavy atom. The number of carbonyl (C=O) groups is 2. The molecule has 0 aromatic carbocycles. The number of ether oxygens (including phenoxy) is 1. The van der Waals surface area contributed by atoms with E-state index >= 15 is 0 Å². The normalized spacial score (nSPS) is 20.1. The van der Waals surface area contributed by atoms with Gasteiger partial charge in [-0.15, -0.1) is 22.7 Å². The first-order valence-corrected chi connectivity index (χ1v) is 15.2. The predicted molar refractivity (Wildman–Crippen MR) is 152 cm³/mol. The first kappa shape index (κ1) is 26.7. The van der Waals surface area contributed by atoms with Gasteiger partial charge >= 0.3 is 5.97 Å². The molecule has 200 valence electrons. The Morgan fingerprint density at radius 2 is 1.89 bits per heavy atom. The second kappa shape index (κ2) is 10.3. The van der Waals surface area contributed by atoms with E-state index in [1.54, 1.807) is 22.7 Å². The molecule has 5 rings (SSSR count). The molecule has 2 aliphatic carbocycles. The highest BCUT2D eigenvalue weighted by atomic mass is 32.1. The van der Waals surface area contributed by atoms with Gasteiger partial charge in [0, 0.05) is 32.3 Å². The topological polar surface area (TPSA) is 96.4 Å². The van der Waals surface area contributed by atoms with E-state index in [0.29, 0.717) is 46.8 Å². The summed E-state index contributed by atoms with van der Waals surface area (Å²) >= 11 is 3.22. The summed E-state index contributed by atoms with van der Waals surface area (Å²) in [7, 11) is 0. The second-order valence-corrected chi connectivity index (χ2v) is 13.4. The summed E-state index contributed by atoms with van der Waals surface area (Å²) in [5, 5.41) is 11.1. The molecule has 2 N–H and O–H groups in total. The summed E-state index contributed by atoms with van der Waals surface area (Å²) in [5.41, 5.74) is 10.3. The number of nitrogens with zero attached hydrogens (tertiary/aromatic N) is 2. The number of Topliss-reactive ketones (excluding diaryl/α,β-unsaturated/α-hetero) is 1. The molecule has 0 fully saturated rings. The number of carbonyl (C=O) groups excluding carboxylic acids is 2. The average Bonchev–Trinajstić information content (AvgIpc) is 3.43. The maximum atomic E-state index is 13.6. The Morgan fingerprint density at radius 3 is 2.58 bits per heavy atom. The quantitative estimate of drug-likeness (QED) is 0.331. The van der Waals surface area contributed by atoms with Crippen molar-refractivity contribution in [3.05, 3.63) is 60.6 Å². The minimum atomic E-state index is -0.482. The molecule has 1 aliphatic heterocycles. The molecule has 0 radical (unpaired) electrons. The van der Waals surface area contributed by atoms with E-state index in [9.17, 15) is 14.9 Å². The van der Waals surface area contributed by atoms with Crippen molar-refractivity contribution in [3.8, 4) is 6.07 Å². The number of hydrogen-bond acceptors (Lipinski definition) is 8. The number of rotatable bonds is 4. The number of hydrogen-bond donors (Lipinski definition) is 1. The number of fused-ring (bicyclic) bond motifs is 1. The number of ketones is 1. The maximum absolute atomic E-state index is 13.6. The lowest BCUT2D eigenvalue weighted by Gasteiger charge is -2.39. The van der Waals surface area contributed by atoms with Crippen LogP contribution in [-0.4, -0.2) is 18.4 Å². The Labute approximate surface area is 232 Å². The molecule has 6 nitrogen and oxygen atoms in total. The van der Waals surface area contributed by atoms with E-state index in [1.807, 2.05) is 17.9 Å². The van der Waals surface area contributed by atoms with Gasteiger partial charge in [-0.25, -0.2) is 4.79 Å². The zero-order chi connectivity index (χ0) is 27.2. The van der Waals surface area contributed by atoms with E-state index in [1.165, 1.54) is 9.75 Å². The number of anilines is 1. The van der Waals surface area contributed by atoms with Gasteiger partial charge in [-0.1, -0.05) is 27.2 Å². The fraction of sp³-hybridized carbons (Fsp3) is 0.500. The van der Waals surface area contributed by atoms with Crippen LogP contribution in [0.2, 0.25) is 0 Å². The van der Waals surface area contributed by atoms with Crippen LogP contribution in [0.4, 0.5) is 5.00 Å². The molecule has 3 heterocycles. The fourth-order valence-corrected chi connectivity index (χ4v) is 8.41. The minimum Gasteiger partial charge on any atom is -0.462 e. The molecule has 38 heavy (non-hydrogen) atoms. The van der Waals surface area contributed by atoms with Crippen molar-refractivity contribution in [2.24, 2.45) is 5.73 Å². The zero-order valence-electron chi connectivity index (χ0n) is 22.6. The van der Waals surface area contributed by atoms with Crippen molar-refractivity contribution in [3.63, 3.8) is 0 Å². The van der Waals surface area contributed by atoms with Crippen molar-refractivity contribution < 1.29 is 14.3 Å². The predicted octanol–water partition coefficient (Wildman–Crippen LogP) is 6.86. The summed E-state index contributed by atoms with van der Waals surface area (Å²) < 4.78 is 5.53. The summed E-state index contributed by atoms with van der Waals surface area (Å²) in [6, 6.07) is 6.51. The van der Waals surface area contributed by atoms with Crippen LogP contribution in [0.1, 0.15) is 103 Å². The van der Waals surface area contributed by atoms with Crippen LogP contribution < -0.4 is 10.6 Å². The van der Waals surface area contributed by atoms with Crippen molar-refractivity contribution in [1.82, 2.24) is 0 Å². The third-order valence-corrected chi connectivity index (χ3v) is 10.5. The molecule has 0 unspecified atom stereocenters. The van der Waals surface area contributed by atoms with Gasteiger partial charge < -0.3 is 10.5 Å². The number of thiophene rings is 2. The molecule has 2 aromatic rings. The monoisotopic (exact) mass is 549 g/mol. The highest BCUT2D eigenvalue weighted by molar-refractivity contribution is 7.17. The second-order valence-electron chi connectivity index (χ2n) is 11.2. The van der Waals surface area contributed by atoms with Gasteiger partial charge in [0.2, 0.25) is 0 Å². The molecule has 3 aliphatic rings. The number of allylic oxidation sites excluding steroid dienone is 3. The molecule has 1 atom stereocenters. The molecular weight excluding hydrogens is 514 g/mol. The highest BCUT2D eigenvalue weighted by Crippen LogP contribution is 2.51. The highest BCUT2D eigenvalue weighted by Gasteiger charge is 2.43. The van der Waals surface area contributed by atoms with Crippen LogP contribution in [0.3, 0.4) is 0 Å². The number of esters is 1. The van der Waals surface area contributed by atoms with Gasteiger partial charge in [-0.05, 0) is 68.6 Å². The zero-order valence-corrected chi connectivity index (χ0v) is 24.2. The lowest BCUT2D eigenvalue weighted by molar-refractivity contribution is -0.116. The SMILES string of the molecule is CCOC(=O)c1c(N2C(N)=C(C#N)[C@H](c3ccc(C(C)(C)C)s3)C3=C2CCCC3=O)sc2c1CCCCC2. The van der Waals surface area contributed by atoms with Crippen molar-refractivity contribution >= 4 is 39.4 Å². The molecule has 0 saturated heterocycles. The van der Waals surface area contributed by atoms with E-state index < -0.39 is 5.92 Å². The first-order chi connectivity index (χ1) is 18.2. The number of aryl methyl sites for hydroxylation is 1. The van der Waals surface area contributed by atoms with E-state index in [2.05, 4.69) is 32.9 Å². The summed E-state index contributed by atoms with van der Waals surface area (Å²) in [5.74, 6) is -0.460. The van der Waals surface area contributed by atoms with E-state index in [4.69, 9.17) is 10.5 Å². The first-order valence-electron chi connectivity index (χ1n) is 13.5. The van der Waals surface area contributed by atoms with Crippen LogP contribution >= 0.6 is 22.7 Å². The third kappa shape index (κ3) is 4.50. The van der Waals surface area contributed by atoms with Gasteiger partial charge in [0.1, 0.15) is 10.8 Å². The summed E-state index contributed by atoms with van der Waals surface area (Å²) in [6.07, 6.45) is 6.79. The van der Waals surface area contributed by atoms with Gasteiger partial charge in [-0.3, -0.25) is 9.69 Å². The molecule has 0 saturated carbocycles. The number of nitrogens with two attached hydrogens (primary N) is 1. The van der Waals surface area contributed by atoms with Gasteiger partial charge in [-0.2, -0.15) is 5.26 Å². The van der Waals surface area contributed by atoms with Crippen LogP contribution in [0, 0.1) is 11.3 Å². The van der Waals surface area contributed by atoms with Crippen molar-refractivity contribution in [2.75, 3.05) is 11.5 Å². The van der Waals surface area contributed by atoms with Crippen LogP contribution in [0.25, 0.3) is 0 Å². The third-order valence-electron chi connectivity index (χ3n) is 7.65. The van der Waals surface area contributed by atoms with E-state index in [-0.39, 0.29) is 23.8 Å². The smallest absolute Gasteiger partial charge is 0.341 e. The molecule has 0 bridgehead atoms. The van der Waals surface area contributed by atoms with Crippen LogP contribution in [0.5, 0.6) is 0 Å². The lowest BCUT2D eigenvalue weighted by Crippen LogP contribution is -2.38. The molecule has 2 aromatic heterocycles. The number of nitriles is 1. The lowest BCUT2D eigenvalue weighted by atomic mass is 9.78. The van der Waals surface area contributed by atoms with Gasteiger partial charge in [0.25, 0.3) is 0 Å². The average molecular weight is 550 g/mol. The summed E-state index contributed by atoms with van der Waals surface area (Å²) in [4.78, 5) is 32.2. The minimum absolute atomic E-state index is 0.0389. The Kier molecular flexibility index (Phi) is 7.27. The molecule has 0 spiro atoms. The van der Waals surface area contributed by atoms with Crippen molar-refractivity contribution in [1.29, 1.82) is 5.26 Å². The molecule has 0 amide bonds. The molecular formula is C30H35N3O3S2. The Balaban J connectivity index is 1.73. The fourth-order valence-electron chi connectivity index (χ4n) is 5.81.